The van der Waals surface area contributed by atoms with Crippen LogP contribution in [0.5, 0.6) is 0 Å². The van der Waals surface area contributed by atoms with E-state index in [-0.39, 0.29) is 0 Å². The summed E-state index contributed by atoms with van der Waals surface area (Å²) in [6.45, 7) is 1.68. The van der Waals surface area contributed by atoms with Gasteiger partial charge in [-0.15, -0.1) is 0 Å². The maximum Gasteiger partial charge on any atom is 0.519 e. The fourth-order valence-corrected chi connectivity index (χ4v) is 1.34. The third-order valence-electron chi connectivity index (χ3n) is 1.85. The Labute approximate surface area is 84.9 Å². The number of rotatable bonds is 1. The highest BCUT2D eigenvalue weighted by Gasteiger charge is 2.09. The van der Waals surface area contributed by atoms with Crippen molar-refractivity contribution in [2.45, 2.75) is 6.92 Å². The van der Waals surface area contributed by atoms with E-state index in [0.717, 1.165) is 5.56 Å². The number of aryl methyl sites for hydroxylation is 1. The van der Waals surface area contributed by atoms with Gasteiger partial charge in [0, 0.05) is 10.6 Å². The van der Waals surface area contributed by atoms with Crippen LogP contribution >= 0.6 is 11.6 Å². The van der Waals surface area contributed by atoms with Crippen LogP contribution in [0.1, 0.15) is 5.76 Å². The maximum absolute atomic E-state index is 10.8. The third kappa shape index (κ3) is 1.59. The van der Waals surface area contributed by atoms with Crippen molar-refractivity contribution in [1.82, 2.24) is 0 Å². The normalized spacial score (nSPS) is 10.4. The van der Waals surface area contributed by atoms with E-state index in [1.165, 1.54) is 0 Å². The molecule has 0 saturated carbocycles. The summed E-state index contributed by atoms with van der Waals surface area (Å²) >= 11 is 5.73. The molecule has 0 fully saturated rings. The van der Waals surface area contributed by atoms with Crippen molar-refractivity contribution < 1.29 is 8.83 Å². The molecule has 14 heavy (non-hydrogen) atoms. The van der Waals surface area contributed by atoms with E-state index < -0.39 is 5.82 Å². The van der Waals surface area contributed by atoms with E-state index in [2.05, 4.69) is 0 Å². The first-order valence-corrected chi connectivity index (χ1v) is 4.41. The van der Waals surface area contributed by atoms with Gasteiger partial charge in [0.15, 0.2) is 11.5 Å². The summed E-state index contributed by atoms with van der Waals surface area (Å²) in [6.07, 6.45) is 0. The summed E-state index contributed by atoms with van der Waals surface area (Å²) < 4.78 is 9.62. The van der Waals surface area contributed by atoms with Crippen molar-refractivity contribution >= 4 is 11.6 Å². The maximum atomic E-state index is 10.8. The zero-order valence-corrected chi connectivity index (χ0v) is 8.17. The van der Waals surface area contributed by atoms with Gasteiger partial charge in [0.25, 0.3) is 0 Å². The standard InChI is InChI=1S/C10H7ClO3/c1-6-9(14-10(12)13-6)7-2-4-8(11)5-3-7/h2-5H,1H3. The highest BCUT2D eigenvalue weighted by atomic mass is 35.5. The molecule has 1 heterocycles. The van der Waals surface area contributed by atoms with Crippen LogP contribution in [-0.2, 0) is 0 Å². The molecule has 0 unspecified atom stereocenters. The number of halogens is 1. The Balaban J connectivity index is 2.54. The molecule has 0 aliphatic heterocycles. The second-order valence-corrected chi connectivity index (χ2v) is 3.28. The van der Waals surface area contributed by atoms with Crippen LogP contribution in [0, 0.1) is 6.92 Å². The predicted octanol–water partition coefficient (Wildman–Crippen LogP) is 2.86. The first-order valence-electron chi connectivity index (χ1n) is 4.03. The summed E-state index contributed by atoms with van der Waals surface area (Å²) in [5, 5.41) is 0.636. The monoisotopic (exact) mass is 210 g/mol. The van der Waals surface area contributed by atoms with E-state index in [0.29, 0.717) is 16.5 Å². The van der Waals surface area contributed by atoms with Crippen LogP contribution in [0.15, 0.2) is 37.9 Å². The lowest BCUT2D eigenvalue weighted by Crippen LogP contribution is -1.85. The minimum Gasteiger partial charge on any atom is -0.396 e. The quantitative estimate of drug-likeness (QED) is 0.727. The summed E-state index contributed by atoms with van der Waals surface area (Å²) in [6, 6.07) is 6.99. The minimum atomic E-state index is -0.688. The summed E-state index contributed by atoms with van der Waals surface area (Å²) in [5.41, 5.74) is 0.776. The fourth-order valence-electron chi connectivity index (χ4n) is 1.21. The molecule has 2 aromatic rings. The largest absolute Gasteiger partial charge is 0.519 e. The lowest BCUT2D eigenvalue weighted by atomic mass is 10.1. The highest BCUT2D eigenvalue weighted by Crippen LogP contribution is 2.23. The zero-order chi connectivity index (χ0) is 10.1. The molecular formula is C10H7ClO3. The number of hydrogen-bond acceptors (Lipinski definition) is 3. The Morgan fingerprint density at radius 1 is 1.14 bits per heavy atom. The lowest BCUT2D eigenvalue weighted by Gasteiger charge is -1.95. The molecule has 0 aliphatic carbocycles. The van der Waals surface area contributed by atoms with Crippen molar-refractivity contribution in [1.29, 1.82) is 0 Å². The SMILES string of the molecule is Cc1oc(=O)oc1-c1ccc(Cl)cc1. The zero-order valence-electron chi connectivity index (χ0n) is 7.41. The third-order valence-corrected chi connectivity index (χ3v) is 2.10. The van der Waals surface area contributed by atoms with Crippen molar-refractivity contribution in [3.63, 3.8) is 0 Å². The van der Waals surface area contributed by atoms with Crippen molar-refractivity contribution in [3.8, 4) is 11.3 Å². The Bertz CT molecular complexity index is 493. The van der Waals surface area contributed by atoms with Crippen molar-refractivity contribution in [2.24, 2.45) is 0 Å². The van der Waals surface area contributed by atoms with E-state index in [1.54, 1.807) is 31.2 Å². The van der Waals surface area contributed by atoms with Crippen molar-refractivity contribution in [2.75, 3.05) is 0 Å². The molecule has 0 radical (unpaired) electrons. The van der Waals surface area contributed by atoms with Crippen LogP contribution in [-0.4, -0.2) is 0 Å². The summed E-state index contributed by atoms with van der Waals surface area (Å²) in [5.74, 6) is 0.233. The molecule has 1 aromatic carbocycles. The van der Waals surface area contributed by atoms with Crippen LogP contribution in [0.25, 0.3) is 11.3 Å². The van der Waals surface area contributed by atoms with Gasteiger partial charge < -0.3 is 8.83 Å². The molecular weight excluding hydrogens is 204 g/mol. The topological polar surface area (TPSA) is 43.4 Å². The van der Waals surface area contributed by atoms with E-state index in [1.807, 2.05) is 0 Å². The van der Waals surface area contributed by atoms with Gasteiger partial charge in [0.2, 0.25) is 0 Å². The molecule has 0 saturated heterocycles. The Morgan fingerprint density at radius 2 is 1.79 bits per heavy atom. The van der Waals surface area contributed by atoms with Gasteiger partial charge in [0.05, 0.1) is 0 Å². The highest BCUT2D eigenvalue weighted by molar-refractivity contribution is 6.30. The van der Waals surface area contributed by atoms with Gasteiger partial charge in [-0.3, -0.25) is 0 Å². The number of hydrogen-bond donors (Lipinski definition) is 0. The van der Waals surface area contributed by atoms with Gasteiger partial charge in [0.1, 0.15) is 0 Å². The lowest BCUT2D eigenvalue weighted by molar-refractivity contribution is 0.381. The first kappa shape index (κ1) is 9.09. The molecule has 0 bridgehead atoms. The first-order chi connectivity index (χ1) is 6.66. The van der Waals surface area contributed by atoms with Gasteiger partial charge in [-0.1, -0.05) is 11.6 Å². The van der Waals surface area contributed by atoms with Gasteiger partial charge in [-0.2, -0.15) is 0 Å². The minimum absolute atomic E-state index is 0.451. The van der Waals surface area contributed by atoms with Crippen LogP contribution in [0.4, 0.5) is 0 Å². The summed E-state index contributed by atoms with van der Waals surface area (Å²) in [4.78, 5) is 10.8. The number of benzene rings is 1. The molecule has 2 rings (SSSR count). The smallest absolute Gasteiger partial charge is 0.396 e. The van der Waals surface area contributed by atoms with E-state index in [4.69, 9.17) is 20.4 Å². The predicted molar refractivity (Wildman–Crippen MR) is 52.4 cm³/mol. The van der Waals surface area contributed by atoms with Crippen molar-refractivity contribution in [3.05, 3.63) is 45.7 Å². The Kier molecular flexibility index (Phi) is 2.17. The fraction of sp³-hybridized carbons (Fsp3) is 0.100. The Morgan fingerprint density at radius 3 is 2.29 bits per heavy atom. The molecule has 4 heteroatoms. The Hall–Kier alpha value is -1.48. The van der Waals surface area contributed by atoms with Gasteiger partial charge >= 0.3 is 5.82 Å². The second kappa shape index (κ2) is 3.35. The molecule has 0 aliphatic rings. The van der Waals surface area contributed by atoms with Gasteiger partial charge in [-0.25, -0.2) is 4.79 Å². The van der Waals surface area contributed by atoms with Gasteiger partial charge in [-0.05, 0) is 31.2 Å². The molecule has 3 nitrogen and oxygen atoms in total. The second-order valence-electron chi connectivity index (χ2n) is 2.85. The van der Waals surface area contributed by atoms with Crippen LogP contribution < -0.4 is 5.82 Å². The average molecular weight is 211 g/mol. The summed E-state index contributed by atoms with van der Waals surface area (Å²) in [7, 11) is 0. The molecule has 0 spiro atoms. The van der Waals surface area contributed by atoms with E-state index >= 15 is 0 Å². The molecule has 72 valence electrons. The molecule has 0 amide bonds. The molecule has 0 N–H and O–H groups in total. The van der Waals surface area contributed by atoms with E-state index in [9.17, 15) is 4.79 Å². The molecule has 1 aromatic heterocycles. The average Bonchev–Trinajstić information content (AvgIpc) is 2.47. The van der Waals surface area contributed by atoms with Crippen LogP contribution in [0.2, 0.25) is 5.02 Å². The molecule has 0 atom stereocenters. The van der Waals surface area contributed by atoms with Crippen LogP contribution in [0.3, 0.4) is 0 Å².